The van der Waals surface area contributed by atoms with Crippen molar-refractivity contribution in [2.24, 2.45) is 11.7 Å². The number of carboxylic acids is 3. The zero-order valence-corrected chi connectivity index (χ0v) is 31.5. The Balaban J connectivity index is 0.000000423. The third-order valence-corrected chi connectivity index (χ3v) is 10.8. The Labute approximate surface area is 326 Å². The number of piperidine rings is 2. The Hall–Kier alpha value is -3.07. The van der Waals surface area contributed by atoms with Crippen molar-refractivity contribution >= 4 is 47.0 Å². The van der Waals surface area contributed by atoms with Gasteiger partial charge in [0, 0.05) is 63.2 Å². The summed E-state index contributed by atoms with van der Waals surface area (Å²) in [6.07, 6.45) is -3.93. The van der Waals surface area contributed by atoms with Crippen LogP contribution in [0, 0.1) is 5.92 Å². The van der Waals surface area contributed by atoms with Crippen LogP contribution in [0.1, 0.15) is 69.8 Å². The van der Waals surface area contributed by atoms with Crippen LogP contribution in [0.3, 0.4) is 0 Å². The third kappa shape index (κ3) is 16.1. The van der Waals surface area contributed by atoms with Crippen molar-refractivity contribution in [3.8, 4) is 0 Å². The molecule has 3 saturated heterocycles. The molecule has 1 aromatic rings. The number of carboxylic acid groups (broad SMARTS) is 3. The van der Waals surface area contributed by atoms with Crippen LogP contribution < -0.4 is 5.73 Å². The SMILES string of the molecule is NC1CCN(C2CN(CCC3(c4ccc(Cl)c(Cl)c4)CCC(=O)N(CC4CCCCC4)C3)C2)CC1.O=C(O)C(F)(F)F.O=C(O)C(F)(F)F.O=C(O)C(F)(F)F. The number of nitrogens with zero attached hydrogens (tertiary/aromatic N) is 3. The molecule has 5 N–H and O–H groups in total. The molecule has 1 atom stereocenters. The molecule has 3 aliphatic heterocycles. The molecule has 4 fully saturated rings. The molecule has 11 nitrogen and oxygen atoms in total. The van der Waals surface area contributed by atoms with Crippen LogP contribution in [-0.2, 0) is 24.6 Å². The smallest absolute Gasteiger partial charge is 0.475 e. The van der Waals surface area contributed by atoms with Crippen LogP contribution in [0.4, 0.5) is 39.5 Å². The molecule has 1 saturated carbocycles. The Morgan fingerprint density at radius 3 is 1.71 bits per heavy atom. The number of hydrogen-bond donors (Lipinski definition) is 4. The van der Waals surface area contributed by atoms with Crippen molar-refractivity contribution in [1.82, 2.24) is 14.7 Å². The molecular formula is C34H45Cl2F9N4O7. The van der Waals surface area contributed by atoms with Gasteiger partial charge in [-0.15, -0.1) is 0 Å². The number of carbonyl (C=O) groups excluding carboxylic acids is 1. The highest BCUT2D eigenvalue weighted by atomic mass is 35.5. The lowest BCUT2D eigenvalue weighted by atomic mass is 9.71. The van der Waals surface area contributed by atoms with E-state index < -0.39 is 36.4 Å². The minimum absolute atomic E-state index is 0.0558. The average Bonchev–Trinajstić information content (AvgIpc) is 3.07. The summed E-state index contributed by atoms with van der Waals surface area (Å²) >= 11 is 12.8. The van der Waals surface area contributed by atoms with Gasteiger partial charge in [-0.1, -0.05) is 48.5 Å². The van der Waals surface area contributed by atoms with Gasteiger partial charge in [0.1, 0.15) is 0 Å². The highest BCUT2D eigenvalue weighted by Crippen LogP contribution is 2.41. The van der Waals surface area contributed by atoms with E-state index in [0.29, 0.717) is 40.4 Å². The third-order valence-electron chi connectivity index (χ3n) is 10.1. The maximum atomic E-state index is 13.0. The fourth-order valence-electron chi connectivity index (χ4n) is 6.91. The summed E-state index contributed by atoms with van der Waals surface area (Å²) in [5.74, 6) is -7.28. The molecule has 4 aliphatic rings. The van der Waals surface area contributed by atoms with Crippen LogP contribution >= 0.6 is 23.2 Å². The van der Waals surface area contributed by atoms with E-state index in [1.165, 1.54) is 37.7 Å². The van der Waals surface area contributed by atoms with Crippen molar-refractivity contribution in [1.29, 1.82) is 0 Å². The van der Waals surface area contributed by atoms with Crippen molar-refractivity contribution < 1.29 is 74.0 Å². The lowest BCUT2D eigenvalue weighted by molar-refractivity contribution is -0.193. The van der Waals surface area contributed by atoms with Gasteiger partial charge in [-0.3, -0.25) is 9.69 Å². The first-order valence-electron chi connectivity index (χ1n) is 17.6. The van der Waals surface area contributed by atoms with Gasteiger partial charge in [-0.05, 0) is 68.7 Å². The Morgan fingerprint density at radius 1 is 0.786 bits per heavy atom. The van der Waals surface area contributed by atoms with Gasteiger partial charge in [0.05, 0.1) is 10.0 Å². The van der Waals surface area contributed by atoms with E-state index in [4.69, 9.17) is 58.6 Å². The number of halogens is 11. The number of nitrogens with two attached hydrogens (primary N) is 1. The van der Waals surface area contributed by atoms with E-state index >= 15 is 0 Å². The van der Waals surface area contributed by atoms with Crippen LogP contribution in [0.5, 0.6) is 0 Å². The predicted octanol–water partition coefficient (Wildman–Crippen LogP) is 6.83. The van der Waals surface area contributed by atoms with Crippen molar-refractivity contribution in [2.45, 2.75) is 100 Å². The summed E-state index contributed by atoms with van der Waals surface area (Å²) in [4.78, 5) is 47.1. The standard InChI is InChI=1S/C28H42Cl2N4O.3C2HF3O2/c29-25-7-6-22(16-26(25)30)28(11-8-27(35)34(20-28)17-21-4-2-1-3-5-21)12-15-32-18-24(19-32)33-13-9-23(31)10-14-33;3*3-2(4,5)1(6)7/h6-7,16,21,23-24H,1-5,8-15,17-20,31H2;3*(H,6,7). The topological polar surface area (TPSA) is 165 Å². The first-order valence-corrected chi connectivity index (χ1v) is 18.4. The highest BCUT2D eigenvalue weighted by Gasteiger charge is 2.43. The number of carbonyl (C=O) groups is 4. The fraction of sp³-hybridized carbons (Fsp3) is 0.706. The first kappa shape index (κ1) is 49.1. The fourth-order valence-corrected chi connectivity index (χ4v) is 7.21. The van der Waals surface area contributed by atoms with Crippen LogP contribution in [0.15, 0.2) is 18.2 Å². The monoisotopic (exact) mass is 862 g/mol. The van der Waals surface area contributed by atoms with Gasteiger partial charge in [0.2, 0.25) is 5.91 Å². The summed E-state index contributed by atoms with van der Waals surface area (Å²) in [5.41, 5.74) is 7.29. The second-order valence-electron chi connectivity index (χ2n) is 14.1. The maximum Gasteiger partial charge on any atom is 0.490 e. The molecule has 0 radical (unpaired) electrons. The largest absolute Gasteiger partial charge is 0.490 e. The normalized spacial score (nSPS) is 22.0. The Bertz CT molecular complexity index is 1410. The van der Waals surface area contributed by atoms with Gasteiger partial charge in [-0.2, -0.15) is 39.5 Å². The van der Waals surface area contributed by atoms with E-state index in [2.05, 4.69) is 26.8 Å². The molecule has 22 heteroatoms. The number of aliphatic carboxylic acids is 3. The molecular weight excluding hydrogens is 818 g/mol. The molecule has 1 aliphatic carbocycles. The minimum Gasteiger partial charge on any atom is -0.475 e. The van der Waals surface area contributed by atoms with E-state index in [9.17, 15) is 44.3 Å². The second-order valence-corrected chi connectivity index (χ2v) is 14.9. The van der Waals surface area contributed by atoms with Gasteiger partial charge in [0.15, 0.2) is 0 Å². The lowest BCUT2D eigenvalue weighted by Crippen LogP contribution is -2.62. The molecule has 56 heavy (non-hydrogen) atoms. The number of hydrogen-bond acceptors (Lipinski definition) is 7. The summed E-state index contributed by atoms with van der Waals surface area (Å²) in [7, 11) is 0. The number of amides is 1. The molecule has 0 aromatic heterocycles. The first-order chi connectivity index (χ1) is 25.7. The van der Waals surface area contributed by atoms with Crippen molar-refractivity contribution in [2.75, 3.05) is 45.8 Å². The summed E-state index contributed by atoms with van der Waals surface area (Å²) < 4.78 is 95.2. The molecule has 1 aromatic carbocycles. The maximum absolute atomic E-state index is 13.0. The Kier molecular flexibility index (Phi) is 18.5. The molecule has 320 valence electrons. The molecule has 1 unspecified atom stereocenters. The zero-order valence-electron chi connectivity index (χ0n) is 30.0. The molecule has 1 amide bonds. The predicted molar refractivity (Wildman–Crippen MR) is 185 cm³/mol. The number of likely N-dealkylation sites (tertiary alicyclic amines) is 3. The number of benzene rings is 1. The van der Waals surface area contributed by atoms with E-state index in [-0.39, 0.29) is 5.41 Å². The number of rotatable bonds is 7. The van der Waals surface area contributed by atoms with Crippen LogP contribution in [-0.4, -0.2) is 130 Å². The average molecular weight is 864 g/mol. The molecule has 0 bridgehead atoms. The quantitative estimate of drug-likeness (QED) is 0.214. The Morgan fingerprint density at radius 2 is 1.27 bits per heavy atom. The van der Waals surface area contributed by atoms with Crippen LogP contribution in [0.25, 0.3) is 0 Å². The summed E-state index contributed by atoms with van der Waals surface area (Å²) in [5, 5.41) is 22.6. The van der Waals surface area contributed by atoms with Crippen molar-refractivity contribution in [3.63, 3.8) is 0 Å². The summed E-state index contributed by atoms with van der Waals surface area (Å²) in [6, 6.07) is 7.22. The highest BCUT2D eigenvalue weighted by molar-refractivity contribution is 6.42. The number of alkyl halides is 9. The molecule has 3 heterocycles. The molecule has 5 rings (SSSR count). The van der Waals surface area contributed by atoms with Gasteiger partial charge >= 0.3 is 36.4 Å². The lowest BCUT2D eigenvalue weighted by Gasteiger charge is -2.50. The van der Waals surface area contributed by atoms with Gasteiger partial charge in [-0.25, -0.2) is 14.4 Å². The van der Waals surface area contributed by atoms with Gasteiger partial charge in [0.25, 0.3) is 0 Å². The molecule has 0 spiro atoms. The van der Waals surface area contributed by atoms with E-state index in [0.717, 1.165) is 71.5 Å². The van der Waals surface area contributed by atoms with E-state index in [1.807, 2.05) is 6.07 Å². The minimum atomic E-state index is -5.08. The second kappa shape index (κ2) is 21.1. The van der Waals surface area contributed by atoms with E-state index in [1.54, 1.807) is 0 Å². The van der Waals surface area contributed by atoms with Crippen molar-refractivity contribution in [3.05, 3.63) is 33.8 Å². The van der Waals surface area contributed by atoms with Crippen LogP contribution in [0.2, 0.25) is 10.0 Å². The summed E-state index contributed by atoms with van der Waals surface area (Å²) in [6.45, 7) is 7.38. The zero-order chi connectivity index (χ0) is 42.6. The van der Waals surface area contributed by atoms with Gasteiger partial charge < -0.3 is 30.9 Å².